The Morgan fingerprint density at radius 3 is 2.27 bits per heavy atom. The predicted molar refractivity (Wildman–Crippen MR) is 108 cm³/mol. The summed E-state index contributed by atoms with van der Waals surface area (Å²) in [5.41, 5.74) is 0. The number of nitrogens with zero attached hydrogens (tertiary/aromatic N) is 2. The fourth-order valence-corrected chi connectivity index (χ4v) is 6.41. The Morgan fingerprint density at radius 1 is 1.00 bits per heavy atom. The highest BCUT2D eigenvalue weighted by Gasteiger charge is 2.37. The van der Waals surface area contributed by atoms with Gasteiger partial charge in [0.25, 0.3) is 0 Å². The maximum Gasteiger partial charge on any atom is 0.244 e. The van der Waals surface area contributed by atoms with Gasteiger partial charge in [-0.3, -0.25) is 0 Å². The first-order valence-electron chi connectivity index (χ1n) is 9.06. The summed E-state index contributed by atoms with van der Waals surface area (Å²) in [5, 5.41) is 0.541. The highest BCUT2D eigenvalue weighted by molar-refractivity contribution is 7.89. The van der Waals surface area contributed by atoms with Crippen LogP contribution < -0.4 is 0 Å². The summed E-state index contributed by atoms with van der Waals surface area (Å²) in [6, 6.07) is 3.18. The van der Waals surface area contributed by atoms with E-state index in [1.807, 2.05) is 0 Å². The molecule has 2 atom stereocenters. The van der Waals surface area contributed by atoms with Gasteiger partial charge in [-0.15, -0.1) is 0 Å². The number of piperidine rings is 1. The zero-order chi connectivity index (χ0) is 19.1. The van der Waals surface area contributed by atoms with Crippen molar-refractivity contribution >= 4 is 44.8 Å². The predicted octanol–water partition coefficient (Wildman–Crippen LogP) is 4.92. The van der Waals surface area contributed by atoms with Crippen LogP contribution in [0.2, 0.25) is 15.1 Å². The van der Waals surface area contributed by atoms with Gasteiger partial charge in [0, 0.05) is 19.1 Å². The summed E-state index contributed by atoms with van der Waals surface area (Å²) in [6.45, 7) is 4.54. The molecule has 8 heteroatoms. The normalized spacial score (nSPS) is 25.9. The van der Waals surface area contributed by atoms with Crippen molar-refractivity contribution in [2.24, 2.45) is 5.92 Å². The molecule has 0 N–H and O–H groups in total. The Balaban J connectivity index is 1.73. The van der Waals surface area contributed by atoms with E-state index in [9.17, 15) is 8.42 Å². The lowest BCUT2D eigenvalue weighted by molar-refractivity contribution is 0.136. The third kappa shape index (κ3) is 4.18. The molecule has 0 amide bonds. The van der Waals surface area contributed by atoms with Gasteiger partial charge in [-0.2, -0.15) is 4.31 Å². The molecule has 0 spiro atoms. The molecule has 2 fully saturated rings. The van der Waals surface area contributed by atoms with Crippen LogP contribution in [0.3, 0.4) is 0 Å². The first kappa shape index (κ1) is 20.7. The zero-order valence-electron chi connectivity index (χ0n) is 15.1. The molecular weight excluding hydrogens is 415 g/mol. The first-order chi connectivity index (χ1) is 12.2. The number of hydrogen-bond donors (Lipinski definition) is 0. The molecule has 2 unspecified atom stereocenters. The molecule has 3 rings (SSSR count). The van der Waals surface area contributed by atoms with Gasteiger partial charge in [0.1, 0.15) is 4.90 Å². The van der Waals surface area contributed by atoms with Crippen LogP contribution in [0, 0.1) is 5.92 Å². The second-order valence-corrected chi connectivity index (χ2v) is 10.7. The van der Waals surface area contributed by atoms with E-state index >= 15 is 0 Å². The van der Waals surface area contributed by atoms with Gasteiger partial charge in [0.2, 0.25) is 10.0 Å². The average Bonchev–Trinajstić information content (AvgIpc) is 3.07. The summed E-state index contributed by atoms with van der Waals surface area (Å²) < 4.78 is 27.6. The molecule has 1 aliphatic carbocycles. The van der Waals surface area contributed by atoms with E-state index in [1.165, 1.54) is 29.3 Å². The summed E-state index contributed by atoms with van der Waals surface area (Å²) in [7, 11) is -2.08. The van der Waals surface area contributed by atoms with E-state index in [1.54, 1.807) is 7.05 Å². The van der Waals surface area contributed by atoms with Crippen LogP contribution in [0.15, 0.2) is 17.0 Å². The average molecular weight is 440 g/mol. The molecule has 1 saturated heterocycles. The molecule has 4 nitrogen and oxygen atoms in total. The topological polar surface area (TPSA) is 40.6 Å². The van der Waals surface area contributed by atoms with Crippen LogP contribution in [0.5, 0.6) is 0 Å². The van der Waals surface area contributed by atoms with E-state index in [4.69, 9.17) is 34.8 Å². The van der Waals surface area contributed by atoms with Crippen LogP contribution in [-0.2, 0) is 10.0 Å². The number of halogens is 3. The summed E-state index contributed by atoms with van der Waals surface area (Å²) in [4.78, 5) is 2.55. The lowest BCUT2D eigenvalue weighted by Crippen LogP contribution is -2.41. The van der Waals surface area contributed by atoms with E-state index in [-0.39, 0.29) is 26.0 Å². The van der Waals surface area contributed by atoms with Crippen LogP contribution in [0.1, 0.15) is 39.0 Å². The highest BCUT2D eigenvalue weighted by atomic mass is 35.5. The molecule has 26 heavy (non-hydrogen) atoms. The Morgan fingerprint density at radius 2 is 1.62 bits per heavy atom. The van der Waals surface area contributed by atoms with Crippen LogP contribution in [0.4, 0.5) is 0 Å². The van der Waals surface area contributed by atoms with Crippen LogP contribution in [-0.4, -0.2) is 49.8 Å². The SMILES string of the molecule is CC1CCN(C2CCC(N(C)S(=O)(=O)c3cc(Cl)c(Cl)cc3Cl)C2)CC1. The van der Waals surface area contributed by atoms with Crippen molar-refractivity contribution in [3.63, 3.8) is 0 Å². The van der Waals surface area contributed by atoms with Gasteiger partial charge in [-0.05, 0) is 63.2 Å². The number of hydrogen-bond acceptors (Lipinski definition) is 3. The maximum absolute atomic E-state index is 13.1. The lowest BCUT2D eigenvalue weighted by Gasteiger charge is -2.35. The third-order valence-corrected chi connectivity index (χ3v) is 8.95. The molecule has 1 aromatic rings. The number of likely N-dealkylation sites (tertiary alicyclic amines) is 1. The minimum atomic E-state index is -3.72. The van der Waals surface area contributed by atoms with Crippen molar-refractivity contribution < 1.29 is 8.42 Å². The Labute approximate surface area is 171 Å². The molecule has 2 aliphatic rings. The largest absolute Gasteiger partial charge is 0.300 e. The molecule has 1 heterocycles. The van der Waals surface area contributed by atoms with E-state index in [2.05, 4.69) is 11.8 Å². The van der Waals surface area contributed by atoms with Crippen molar-refractivity contribution in [3.8, 4) is 0 Å². The summed E-state index contributed by atoms with van der Waals surface area (Å²) in [6.07, 6.45) is 5.23. The van der Waals surface area contributed by atoms with Crippen molar-refractivity contribution in [2.75, 3.05) is 20.1 Å². The van der Waals surface area contributed by atoms with Crippen molar-refractivity contribution in [3.05, 3.63) is 27.2 Å². The Bertz CT molecular complexity index is 764. The second-order valence-electron chi connectivity index (χ2n) is 7.56. The smallest absolute Gasteiger partial charge is 0.244 e. The number of rotatable bonds is 4. The summed E-state index contributed by atoms with van der Waals surface area (Å²) in [5.74, 6) is 0.795. The van der Waals surface area contributed by atoms with Crippen molar-refractivity contribution in [1.29, 1.82) is 0 Å². The highest BCUT2D eigenvalue weighted by Crippen LogP contribution is 2.36. The zero-order valence-corrected chi connectivity index (χ0v) is 18.2. The molecule has 0 aromatic heterocycles. The van der Waals surface area contributed by atoms with Crippen molar-refractivity contribution in [1.82, 2.24) is 9.21 Å². The number of sulfonamides is 1. The van der Waals surface area contributed by atoms with E-state index < -0.39 is 10.0 Å². The van der Waals surface area contributed by atoms with Crippen LogP contribution in [0.25, 0.3) is 0 Å². The minimum absolute atomic E-state index is 0.0186. The fourth-order valence-electron chi connectivity index (χ4n) is 4.04. The van der Waals surface area contributed by atoms with E-state index in [0.717, 1.165) is 38.3 Å². The molecular formula is C18H25Cl3N2O2S. The van der Waals surface area contributed by atoms with Gasteiger partial charge in [-0.1, -0.05) is 41.7 Å². The third-order valence-electron chi connectivity index (χ3n) is 5.86. The standard InChI is InChI=1S/C18H25Cl3N2O2S/c1-12-5-7-23(8-6-12)14-4-3-13(9-14)22(2)26(24,25)18-11-16(20)15(19)10-17(18)21/h10-14H,3-9H2,1-2H3. The quantitative estimate of drug-likeness (QED) is 0.625. The maximum atomic E-state index is 13.1. The molecule has 146 valence electrons. The second kappa shape index (κ2) is 8.14. The molecule has 0 radical (unpaired) electrons. The Hall–Kier alpha value is -0.0400. The summed E-state index contributed by atoms with van der Waals surface area (Å²) >= 11 is 18.1. The monoisotopic (exact) mass is 438 g/mol. The van der Waals surface area contributed by atoms with Crippen molar-refractivity contribution in [2.45, 2.75) is 56.0 Å². The van der Waals surface area contributed by atoms with Gasteiger partial charge < -0.3 is 4.90 Å². The molecule has 1 aliphatic heterocycles. The van der Waals surface area contributed by atoms with E-state index in [0.29, 0.717) is 6.04 Å². The Kier molecular flexibility index (Phi) is 6.48. The van der Waals surface area contributed by atoms with Crippen LogP contribution >= 0.6 is 34.8 Å². The molecule has 1 aromatic carbocycles. The molecule has 1 saturated carbocycles. The van der Waals surface area contributed by atoms with Gasteiger partial charge in [-0.25, -0.2) is 8.42 Å². The van der Waals surface area contributed by atoms with Gasteiger partial charge in [0.05, 0.1) is 15.1 Å². The van der Waals surface area contributed by atoms with Gasteiger partial charge >= 0.3 is 0 Å². The fraction of sp³-hybridized carbons (Fsp3) is 0.667. The minimum Gasteiger partial charge on any atom is -0.300 e. The first-order valence-corrected chi connectivity index (χ1v) is 11.6. The molecule has 0 bridgehead atoms. The van der Waals surface area contributed by atoms with Gasteiger partial charge in [0.15, 0.2) is 0 Å². The lowest BCUT2D eigenvalue weighted by atomic mass is 9.97. The number of benzene rings is 1.